The van der Waals surface area contributed by atoms with Crippen molar-refractivity contribution in [3.8, 4) is 11.5 Å². The highest BCUT2D eigenvalue weighted by molar-refractivity contribution is 6.46. The molecule has 0 bridgehead atoms. The van der Waals surface area contributed by atoms with Gasteiger partial charge in [-0.3, -0.25) is 14.6 Å². The summed E-state index contributed by atoms with van der Waals surface area (Å²) in [4.78, 5) is 34.1. The van der Waals surface area contributed by atoms with E-state index < -0.39 is 17.7 Å². The van der Waals surface area contributed by atoms with Gasteiger partial charge in [-0.1, -0.05) is 13.8 Å². The number of hydrogen-bond acceptors (Lipinski definition) is 7. The van der Waals surface area contributed by atoms with Gasteiger partial charge in [0.25, 0.3) is 11.7 Å². The second-order valence-corrected chi connectivity index (χ2v) is 8.01. The molecular weight excluding hydrogens is 422 g/mol. The maximum absolute atomic E-state index is 13.1. The number of Topliss-reactive ketones (excluding diaryl/α,β-unsaturated/α-hetero) is 1. The summed E-state index contributed by atoms with van der Waals surface area (Å²) in [7, 11) is 0. The van der Waals surface area contributed by atoms with Crippen molar-refractivity contribution in [3.63, 3.8) is 0 Å². The average Bonchev–Trinajstić information content (AvgIpc) is 3.11. The number of ether oxygens (including phenoxy) is 2. The number of nitrogens with zero attached hydrogens (tertiary/aromatic N) is 3. The van der Waals surface area contributed by atoms with Crippen LogP contribution in [0.5, 0.6) is 11.5 Å². The van der Waals surface area contributed by atoms with E-state index in [-0.39, 0.29) is 11.3 Å². The highest BCUT2D eigenvalue weighted by atomic mass is 16.6. The van der Waals surface area contributed by atoms with Crippen molar-refractivity contribution in [2.24, 2.45) is 0 Å². The second kappa shape index (κ2) is 10.0. The van der Waals surface area contributed by atoms with Crippen molar-refractivity contribution in [1.29, 1.82) is 0 Å². The van der Waals surface area contributed by atoms with Gasteiger partial charge in [0.15, 0.2) is 11.5 Å². The number of carbonyl (C=O) groups is 2. The molecule has 0 spiro atoms. The molecule has 2 aromatic rings. The number of aromatic nitrogens is 1. The second-order valence-electron chi connectivity index (χ2n) is 8.01. The number of rotatable bonds is 8. The van der Waals surface area contributed by atoms with Gasteiger partial charge in [0.05, 0.1) is 11.6 Å². The first-order valence-corrected chi connectivity index (χ1v) is 11.4. The molecule has 0 saturated carbocycles. The highest BCUT2D eigenvalue weighted by Gasteiger charge is 2.45. The van der Waals surface area contributed by atoms with Gasteiger partial charge in [-0.05, 0) is 62.0 Å². The van der Waals surface area contributed by atoms with E-state index in [0.717, 1.165) is 31.6 Å². The number of pyridine rings is 1. The van der Waals surface area contributed by atoms with E-state index in [2.05, 4.69) is 23.7 Å². The third kappa shape index (κ3) is 4.57. The number of aliphatic hydroxyl groups excluding tert-OH is 1. The Morgan fingerprint density at radius 3 is 2.48 bits per heavy atom. The number of hydrogen-bond donors (Lipinski definition) is 1. The Morgan fingerprint density at radius 1 is 1.09 bits per heavy atom. The lowest BCUT2D eigenvalue weighted by Gasteiger charge is -2.26. The highest BCUT2D eigenvalue weighted by Crippen LogP contribution is 2.41. The number of aliphatic hydroxyl groups is 1. The molecule has 1 saturated heterocycles. The maximum Gasteiger partial charge on any atom is 0.295 e. The van der Waals surface area contributed by atoms with Crippen LogP contribution in [0.3, 0.4) is 0 Å². The monoisotopic (exact) mass is 451 g/mol. The van der Waals surface area contributed by atoms with Crippen LogP contribution in [0.15, 0.2) is 48.3 Å². The van der Waals surface area contributed by atoms with Gasteiger partial charge in [0, 0.05) is 24.5 Å². The molecule has 2 aliphatic heterocycles. The van der Waals surface area contributed by atoms with Crippen LogP contribution in [0.1, 0.15) is 37.4 Å². The van der Waals surface area contributed by atoms with Gasteiger partial charge in [0.2, 0.25) is 0 Å². The van der Waals surface area contributed by atoms with Crippen LogP contribution in [0.4, 0.5) is 0 Å². The molecule has 1 amide bonds. The number of fused-ring (bicyclic) bond motifs is 1. The largest absolute Gasteiger partial charge is 0.507 e. The molecule has 4 rings (SSSR count). The third-order valence-electron chi connectivity index (χ3n) is 6.15. The van der Waals surface area contributed by atoms with Gasteiger partial charge in [0.1, 0.15) is 19.0 Å². The van der Waals surface area contributed by atoms with Crippen LogP contribution in [0, 0.1) is 0 Å². The molecule has 0 unspecified atom stereocenters. The van der Waals surface area contributed by atoms with Gasteiger partial charge >= 0.3 is 0 Å². The summed E-state index contributed by atoms with van der Waals surface area (Å²) in [6.45, 7) is 8.14. The van der Waals surface area contributed by atoms with Crippen molar-refractivity contribution in [3.05, 3.63) is 59.4 Å². The fraction of sp³-hybridized carbons (Fsp3) is 0.400. The SMILES string of the molecule is CCN(CC)CCCN1C(=O)C(=O)/C(=C(/O)c2ccc3c(c2)OCCO3)[C@H]1c1ccncc1. The minimum atomic E-state index is -0.688. The molecule has 0 aliphatic carbocycles. The van der Waals surface area contributed by atoms with E-state index in [1.54, 1.807) is 47.6 Å². The summed E-state index contributed by atoms with van der Waals surface area (Å²) < 4.78 is 11.2. The quantitative estimate of drug-likeness (QED) is 0.375. The van der Waals surface area contributed by atoms with Gasteiger partial charge < -0.3 is 24.4 Å². The first-order chi connectivity index (χ1) is 16.0. The first kappa shape index (κ1) is 22.8. The predicted molar refractivity (Wildman–Crippen MR) is 123 cm³/mol. The van der Waals surface area contributed by atoms with E-state index in [4.69, 9.17) is 9.47 Å². The molecule has 1 aromatic heterocycles. The van der Waals surface area contributed by atoms with Crippen LogP contribution in [-0.4, -0.2) is 71.0 Å². The Balaban J connectivity index is 1.71. The Kier molecular flexibility index (Phi) is 6.93. The molecule has 1 N–H and O–H groups in total. The molecule has 0 radical (unpaired) electrons. The first-order valence-electron chi connectivity index (χ1n) is 11.4. The van der Waals surface area contributed by atoms with Gasteiger partial charge in [-0.15, -0.1) is 0 Å². The van der Waals surface area contributed by atoms with Crippen molar-refractivity contribution in [2.75, 3.05) is 39.4 Å². The minimum absolute atomic E-state index is 0.0747. The summed E-state index contributed by atoms with van der Waals surface area (Å²) >= 11 is 0. The molecule has 1 aromatic carbocycles. The van der Waals surface area contributed by atoms with Crippen LogP contribution in [0.25, 0.3) is 5.76 Å². The molecule has 33 heavy (non-hydrogen) atoms. The van der Waals surface area contributed by atoms with Crippen LogP contribution in [0.2, 0.25) is 0 Å². The lowest BCUT2D eigenvalue weighted by molar-refractivity contribution is -0.140. The summed E-state index contributed by atoms with van der Waals surface area (Å²) in [5.74, 6) is -0.430. The number of benzene rings is 1. The minimum Gasteiger partial charge on any atom is -0.507 e. The zero-order valence-corrected chi connectivity index (χ0v) is 19.0. The van der Waals surface area contributed by atoms with Crippen molar-refractivity contribution >= 4 is 17.4 Å². The maximum atomic E-state index is 13.1. The molecular formula is C25H29N3O5. The summed E-state index contributed by atoms with van der Waals surface area (Å²) in [6, 6.07) is 7.86. The van der Waals surface area contributed by atoms with E-state index in [1.807, 2.05) is 0 Å². The van der Waals surface area contributed by atoms with Crippen LogP contribution < -0.4 is 9.47 Å². The fourth-order valence-corrected chi connectivity index (χ4v) is 4.35. The number of carbonyl (C=O) groups excluding carboxylic acids is 2. The lowest BCUT2D eigenvalue weighted by atomic mass is 9.95. The van der Waals surface area contributed by atoms with E-state index in [0.29, 0.717) is 36.8 Å². The average molecular weight is 452 g/mol. The van der Waals surface area contributed by atoms with Crippen molar-refractivity contribution in [2.45, 2.75) is 26.3 Å². The Morgan fingerprint density at radius 2 is 1.79 bits per heavy atom. The Labute approximate surface area is 193 Å². The summed E-state index contributed by atoms with van der Waals surface area (Å²) in [5, 5.41) is 11.2. The fourth-order valence-electron chi connectivity index (χ4n) is 4.35. The molecule has 2 aliphatic rings. The van der Waals surface area contributed by atoms with Gasteiger partial charge in [-0.2, -0.15) is 0 Å². The Hall–Kier alpha value is -3.39. The van der Waals surface area contributed by atoms with E-state index >= 15 is 0 Å². The van der Waals surface area contributed by atoms with Crippen LogP contribution in [-0.2, 0) is 9.59 Å². The van der Waals surface area contributed by atoms with Crippen molar-refractivity contribution in [1.82, 2.24) is 14.8 Å². The Bertz CT molecular complexity index is 1050. The van der Waals surface area contributed by atoms with Gasteiger partial charge in [-0.25, -0.2) is 0 Å². The van der Waals surface area contributed by atoms with Crippen LogP contribution >= 0.6 is 0 Å². The molecule has 8 nitrogen and oxygen atoms in total. The summed E-state index contributed by atoms with van der Waals surface area (Å²) in [5.41, 5.74) is 1.20. The molecule has 8 heteroatoms. The number of amides is 1. The third-order valence-corrected chi connectivity index (χ3v) is 6.15. The summed E-state index contributed by atoms with van der Waals surface area (Å²) in [6.07, 6.45) is 3.96. The van der Waals surface area contributed by atoms with E-state index in [9.17, 15) is 14.7 Å². The molecule has 174 valence electrons. The number of likely N-dealkylation sites (tertiary alicyclic amines) is 1. The number of ketones is 1. The topological polar surface area (TPSA) is 92.2 Å². The molecule has 1 atom stereocenters. The lowest BCUT2D eigenvalue weighted by Crippen LogP contribution is -2.33. The normalized spacial score (nSPS) is 19.4. The standard InChI is InChI=1S/C25H29N3O5/c1-3-27(4-2)12-5-13-28-22(17-8-10-26-11-9-17)21(24(30)25(28)31)23(29)18-6-7-19-20(16-18)33-15-14-32-19/h6-11,16,22,29H,3-5,12-15H2,1-2H3/b23-21+/t22-/m1/s1. The van der Waals surface area contributed by atoms with Crippen molar-refractivity contribution < 1.29 is 24.2 Å². The molecule has 3 heterocycles. The van der Waals surface area contributed by atoms with E-state index in [1.165, 1.54) is 0 Å². The zero-order chi connectivity index (χ0) is 23.4. The molecule has 1 fully saturated rings. The zero-order valence-electron chi connectivity index (χ0n) is 19.0. The smallest absolute Gasteiger partial charge is 0.295 e. The predicted octanol–water partition coefficient (Wildman–Crippen LogP) is 3.01.